The molecule has 0 aliphatic carbocycles. The molecule has 2 aromatic carbocycles. The highest BCUT2D eigenvalue weighted by Gasteiger charge is 2.12. The van der Waals surface area contributed by atoms with Crippen LogP contribution in [0.4, 0.5) is 17.1 Å². The van der Waals surface area contributed by atoms with Crippen LogP contribution in [0.1, 0.15) is 19.3 Å². The van der Waals surface area contributed by atoms with Crippen LogP contribution in [0, 0.1) is 0 Å². The Bertz CT molecular complexity index is 708. The molecular weight excluding hydrogens is 357 g/mol. The lowest BCUT2D eigenvalue weighted by atomic mass is 10.2. The lowest BCUT2D eigenvalue weighted by Crippen LogP contribution is -2.18. The fourth-order valence-corrected chi connectivity index (χ4v) is 3.45. The molecule has 25 heavy (non-hydrogen) atoms. The maximum atomic E-state index is 12.1. The second-order valence-electron chi connectivity index (χ2n) is 6.06. The van der Waals surface area contributed by atoms with E-state index in [-0.39, 0.29) is 5.91 Å². The fourth-order valence-electron chi connectivity index (χ4n) is 2.92. The molecular formula is C19H21Cl2N3O. The third kappa shape index (κ3) is 4.80. The summed E-state index contributed by atoms with van der Waals surface area (Å²) < 4.78 is 0. The number of benzene rings is 2. The predicted molar refractivity (Wildman–Crippen MR) is 106 cm³/mol. The number of rotatable bonds is 6. The number of hydrogen-bond acceptors (Lipinski definition) is 3. The number of nitrogens with one attached hydrogen (secondary N) is 2. The van der Waals surface area contributed by atoms with Crippen molar-refractivity contribution in [3.63, 3.8) is 0 Å². The first-order chi connectivity index (χ1) is 12.1. The molecule has 0 radical (unpaired) electrons. The van der Waals surface area contributed by atoms with Crippen LogP contribution in [-0.2, 0) is 4.79 Å². The summed E-state index contributed by atoms with van der Waals surface area (Å²) in [6.45, 7) is 2.69. The van der Waals surface area contributed by atoms with Crippen LogP contribution in [0.2, 0.25) is 10.0 Å². The SMILES string of the molecule is O=C(CCNc1c(Cl)cccc1Cl)Nc1ccc(N2CCCC2)cc1. The van der Waals surface area contributed by atoms with Crippen molar-refractivity contribution in [2.75, 3.05) is 35.2 Å². The third-order valence-corrected chi connectivity index (χ3v) is 4.87. The molecule has 1 amide bonds. The van der Waals surface area contributed by atoms with Crippen LogP contribution >= 0.6 is 23.2 Å². The molecule has 1 fully saturated rings. The van der Waals surface area contributed by atoms with Crippen molar-refractivity contribution in [1.82, 2.24) is 0 Å². The first-order valence-electron chi connectivity index (χ1n) is 8.46. The number of nitrogens with zero attached hydrogens (tertiary/aromatic N) is 1. The molecule has 0 atom stereocenters. The first-order valence-corrected chi connectivity index (χ1v) is 9.22. The largest absolute Gasteiger partial charge is 0.382 e. The standard InChI is InChI=1S/C19H21Cl2N3O/c20-16-4-3-5-17(21)19(16)22-11-10-18(25)23-14-6-8-15(9-7-14)24-12-1-2-13-24/h3-9,22H,1-2,10-13H2,(H,23,25). The highest BCUT2D eigenvalue weighted by Crippen LogP contribution is 2.29. The number of carbonyl (C=O) groups is 1. The predicted octanol–water partition coefficient (Wildman–Crippen LogP) is 5.03. The second kappa shape index (κ2) is 8.45. The van der Waals surface area contributed by atoms with Gasteiger partial charge in [0.2, 0.25) is 5.91 Å². The van der Waals surface area contributed by atoms with Gasteiger partial charge in [-0.25, -0.2) is 0 Å². The Morgan fingerprint density at radius 1 is 1.00 bits per heavy atom. The van der Waals surface area contributed by atoms with Gasteiger partial charge in [0.25, 0.3) is 0 Å². The Morgan fingerprint density at radius 2 is 1.64 bits per heavy atom. The zero-order valence-corrected chi connectivity index (χ0v) is 15.4. The quantitative estimate of drug-likeness (QED) is 0.741. The second-order valence-corrected chi connectivity index (χ2v) is 6.88. The monoisotopic (exact) mass is 377 g/mol. The Balaban J connectivity index is 1.47. The van der Waals surface area contributed by atoms with Crippen LogP contribution in [0.5, 0.6) is 0 Å². The molecule has 0 aromatic heterocycles. The summed E-state index contributed by atoms with van der Waals surface area (Å²) in [5, 5.41) is 7.12. The highest BCUT2D eigenvalue weighted by atomic mass is 35.5. The van der Waals surface area contributed by atoms with Crippen molar-refractivity contribution < 1.29 is 4.79 Å². The third-order valence-electron chi connectivity index (χ3n) is 4.24. The zero-order chi connectivity index (χ0) is 17.6. The van der Waals surface area contributed by atoms with E-state index in [0.29, 0.717) is 28.7 Å². The molecule has 1 aliphatic heterocycles. The van der Waals surface area contributed by atoms with Gasteiger partial charge in [-0.3, -0.25) is 4.79 Å². The van der Waals surface area contributed by atoms with Gasteiger partial charge in [0.1, 0.15) is 0 Å². The molecule has 6 heteroatoms. The minimum atomic E-state index is -0.0513. The Labute approximate surface area is 158 Å². The minimum Gasteiger partial charge on any atom is -0.382 e. The van der Waals surface area contributed by atoms with Crippen molar-refractivity contribution >= 4 is 46.2 Å². The Kier molecular flexibility index (Phi) is 6.05. The van der Waals surface area contributed by atoms with Gasteiger partial charge < -0.3 is 15.5 Å². The van der Waals surface area contributed by atoms with E-state index in [1.165, 1.54) is 18.5 Å². The van der Waals surface area contributed by atoms with Crippen LogP contribution in [0.25, 0.3) is 0 Å². The Hall–Kier alpha value is -1.91. The molecule has 0 saturated carbocycles. The van der Waals surface area contributed by atoms with Crippen molar-refractivity contribution in [3.05, 3.63) is 52.5 Å². The van der Waals surface area contributed by atoms with E-state index < -0.39 is 0 Å². The van der Waals surface area contributed by atoms with E-state index >= 15 is 0 Å². The molecule has 0 spiro atoms. The van der Waals surface area contributed by atoms with Gasteiger partial charge in [0.05, 0.1) is 15.7 Å². The van der Waals surface area contributed by atoms with Crippen molar-refractivity contribution in [1.29, 1.82) is 0 Å². The number of halogens is 2. The number of anilines is 3. The van der Waals surface area contributed by atoms with E-state index in [1.54, 1.807) is 18.2 Å². The molecule has 3 rings (SSSR count). The zero-order valence-electron chi connectivity index (χ0n) is 13.9. The van der Waals surface area contributed by atoms with E-state index in [0.717, 1.165) is 18.8 Å². The van der Waals surface area contributed by atoms with Crippen molar-refractivity contribution in [2.24, 2.45) is 0 Å². The molecule has 1 aliphatic rings. The topological polar surface area (TPSA) is 44.4 Å². The van der Waals surface area contributed by atoms with E-state index in [4.69, 9.17) is 23.2 Å². The van der Waals surface area contributed by atoms with Crippen LogP contribution in [-0.4, -0.2) is 25.5 Å². The minimum absolute atomic E-state index is 0.0513. The number of amides is 1. The van der Waals surface area contributed by atoms with Gasteiger partial charge in [-0.15, -0.1) is 0 Å². The number of para-hydroxylation sites is 1. The van der Waals surface area contributed by atoms with Gasteiger partial charge in [-0.2, -0.15) is 0 Å². The summed E-state index contributed by atoms with van der Waals surface area (Å²) in [7, 11) is 0. The summed E-state index contributed by atoms with van der Waals surface area (Å²) in [5.41, 5.74) is 2.68. The van der Waals surface area contributed by atoms with E-state index in [9.17, 15) is 4.79 Å². The van der Waals surface area contributed by atoms with Crippen molar-refractivity contribution in [2.45, 2.75) is 19.3 Å². The van der Waals surface area contributed by atoms with Gasteiger partial charge in [0.15, 0.2) is 0 Å². The number of hydrogen-bond donors (Lipinski definition) is 2. The molecule has 132 valence electrons. The summed E-state index contributed by atoms with van der Waals surface area (Å²) in [6, 6.07) is 13.3. The van der Waals surface area contributed by atoms with Gasteiger partial charge in [0, 0.05) is 37.4 Å². The average molecular weight is 378 g/mol. The molecule has 0 bridgehead atoms. The summed E-state index contributed by atoms with van der Waals surface area (Å²) in [6.07, 6.45) is 2.83. The molecule has 2 aromatic rings. The van der Waals surface area contributed by atoms with Crippen LogP contribution < -0.4 is 15.5 Å². The molecule has 4 nitrogen and oxygen atoms in total. The highest BCUT2D eigenvalue weighted by molar-refractivity contribution is 6.39. The Morgan fingerprint density at radius 3 is 2.28 bits per heavy atom. The maximum absolute atomic E-state index is 12.1. The molecule has 1 saturated heterocycles. The summed E-state index contributed by atoms with van der Waals surface area (Å²) in [4.78, 5) is 14.5. The van der Waals surface area contributed by atoms with Gasteiger partial charge in [-0.1, -0.05) is 29.3 Å². The first kappa shape index (κ1) is 17.9. The maximum Gasteiger partial charge on any atom is 0.226 e. The van der Waals surface area contributed by atoms with Crippen LogP contribution in [0.15, 0.2) is 42.5 Å². The summed E-state index contributed by atoms with van der Waals surface area (Å²) >= 11 is 12.2. The normalized spacial score (nSPS) is 13.8. The van der Waals surface area contributed by atoms with E-state index in [2.05, 4.69) is 27.7 Å². The van der Waals surface area contributed by atoms with Gasteiger partial charge >= 0.3 is 0 Å². The fraction of sp³-hybridized carbons (Fsp3) is 0.316. The molecule has 2 N–H and O–H groups in total. The summed E-state index contributed by atoms with van der Waals surface area (Å²) in [5.74, 6) is -0.0513. The molecule has 1 heterocycles. The van der Waals surface area contributed by atoms with Gasteiger partial charge in [-0.05, 0) is 49.2 Å². The lowest BCUT2D eigenvalue weighted by Gasteiger charge is -2.17. The molecule has 0 unspecified atom stereocenters. The smallest absolute Gasteiger partial charge is 0.226 e. The van der Waals surface area contributed by atoms with Crippen LogP contribution in [0.3, 0.4) is 0 Å². The number of carbonyl (C=O) groups excluding carboxylic acids is 1. The average Bonchev–Trinajstić information content (AvgIpc) is 3.13. The van der Waals surface area contributed by atoms with Crippen molar-refractivity contribution in [3.8, 4) is 0 Å². The van der Waals surface area contributed by atoms with E-state index in [1.807, 2.05) is 12.1 Å². The lowest BCUT2D eigenvalue weighted by molar-refractivity contribution is -0.115.